The molecule has 4 nitrogen and oxygen atoms in total. The van der Waals surface area contributed by atoms with Crippen molar-refractivity contribution in [1.82, 2.24) is 9.88 Å². The summed E-state index contributed by atoms with van der Waals surface area (Å²) in [7, 11) is 0. The molecule has 0 spiro atoms. The molecule has 0 N–H and O–H groups in total. The van der Waals surface area contributed by atoms with Crippen molar-refractivity contribution in [2.75, 3.05) is 50.8 Å². The van der Waals surface area contributed by atoms with E-state index in [9.17, 15) is 0 Å². The van der Waals surface area contributed by atoms with Gasteiger partial charge >= 0.3 is 0 Å². The summed E-state index contributed by atoms with van der Waals surface area (Å²) in [5, 5.41) is 0. The molecule has 4 rings (SSSR count). The quantitative estimate of drug-likeness (QED) is 0.688. The van der Waals surface area contributed by atoms with Gasteiger partial charge in [0, 0.05) is 55.4 Å². The number of aryl methyl sites for hydroxylation is 2. The highest BCUT2D eigenvalue weighted by atomic mass is 16.5. The molecule has 1 saturated carbocycles. The van der Waals surface area contributed by atoms with Crippen molar-refractivity contribution in [3.63, 3.8) is 0 Å². The van der Waals surface area contributed by atoms with Gasteiger partial charge in [0.1, 0.15) is 0 Å². The van der Waals surface area contributed by atoms with Crippen molar-refractivity contribution in [1.29, 1.82) is 0 Å². The molecule has 2 aliphatic carbocycles. The number of aromatic nitrogens is 1. The summed E-state index contributed by atoms with van der Waals surface area (Å²) in [6.45, 7) is 14.1. The van der Waals surface area contributed by atoms with Crippen LogP contribution in [0.15, 0.2) is 11.6 Å². The van der Waals surface area contributed by atoms with Crippen molar-refractivity contribution in [2.24, 2.45) is 5.92 Å². The summed E-state index contributed by atoms with van der Waals surface area (Å²) in [5.41, 5.74) is 8.43. The normalized spacial score (nSPS) is 21.2. The molecule has 0 radical (unpaired) electrons. The lowest BCUT2D eigenvalue weighted by Gasteiger charge is -2.33. The van der Waals surface area contributed by atoms with Crippen LogP contribution in [0.1, 0.15) is 62.4 Å². The van der Waals surface area contributed by atoms with E-state index in [1.807, 2.05) is 0 Å². The first-order chi connectivity index (χ1) is 13.6. The monoisotopic (exact) mass is 383 g/mol. The molecule has 3 aliphatic rings. The minimum atomic E-state index is 0.882. The summed E-state index contributed by atoms with van der Waals surface area (Å²) < 4.78 is 5.54. The van der Waals surface area contributed by atoms with Gasteiger partial charge in [-0.2, -0.15) is 0 Å². The molecule has 154 valence electrons. The van der Waals surface area contributed by atoms with Gasteiger partial charge in [-0.15, -0.1) is 0 Å². The number of allylic oxidation sites excluding steroid dienone is 2. The third kappa shape index (κ3) is 4.77. The Hall–Kier alpha value is -1.39. The second kappa shape index (κ2) is 8.96. The highest BCUT2D eigenvalue weighted by molar-refractivity contribution is 5.80. The molecule has 0 bridgehead atoms. The van der Waals surface area contributed by atoms with E-state index in [1.54, 1.807) is 11.1 Å². The fourth-order valence-electron chi connectivity index (χ4n) is 4.83. The number of hydrogen-bond acceptors (Lipinski definition) is 4. The number of nitrogens with zero attached hydrogens (tertiary/aromatic N) is 3. The zero-order valence-corrected chi connectivity index (χ0v) is 18.1. The lowest BCUT2D eigenvalue weighted by molar-refractivity contribution is 0.0391. The largest absolute Gasteiger partial charge is 0.379 e. The van der Waals surface area contributed by atoms with E-state index in [1.165, 1.54) is 62.0 Å². The average Bonchev–Trinajstić information content (AvgIpc) is 3.50. The Morgan fingerprint density at radius 3 is 2.57 bits per heavy atom. The zero-order chi connectivity index (χ0) is 19.5. The number of ether oxygens (including phenoxy) is 1. The van der Waals surface area contributed by atoms with Crippen LogP contribution in [-0.2, 0) is 4.74 Å². The van der Waals surface area contributed by atoms with Gasteiger partial charge in [-0.05, 0) is 76.9 Å². The number of hydrogen-bond donors (Lipinski definition) is 0. The lowest BCUT2D eigenvalue weighted by Crippen LogP contribution is -2.42. The molecule has 28 heavy (non-hydrogen) atoms. The minimum Gasteiger partial charge on any atom is -0.379 e. The average molecular weight is 384 g/mol. The van der Waals surface area contributed by atoms with Gasteiger partial charge in [0.25, 0.3) is 0 Å². The maximum Gasteiger partial charge on any atom is 0.0594 e. The van der Waals surface area contributed by atoms with Gasteiger partial charge in [-0.3, -0.25) is 9.88 Å². The number of pyridine rings is 1. The van der Waals surface area contributed by atoms with E-state index < -0.39 is 0 Å². The minimum absolute atomic E-state index is 0.882. The van der Waals surface area contributed by atoms with Gasteiger partial charge in [-0.1, -0.05) is 5.57 Å². The first kappa shape index (κ1) is 19.9. The van der Waals surface area contributed by atoms with Gasteiger partial charge in [-0.25, -0.2) is 0 Å². The van der Waals surface area contributed by atoms with Crippen LogP contribution < -0.4 is 4.90 Å². The first-order valence-corrected chi connectivity index (χ1v) is 11.3. The van der Waals surface area contributed by atoms with E-state index in [4.69, 9.17) is 9.72 Å². The van der Waals surface area contributed by atoms with Crippen molar-refractivity contribution in [3.8, 4) is 0 Å². The van der Waals surface area contributed by atoms with Crippen LogP contribution in [0.3, 0.4) is 0 Å². The van der Waals surface area contributed by atoms with Crippen LogP contribution in [0.25, 0.3) is 5.57 Å². The van der Waals surface area contributed by atoms with Crippen molar-refractivity contribution >= 4 is 11.3 Å². The number of morpholine rings is 1. The topological polar surface area (TPSA) is 28.6 Å². The van der Waals surface area contributed by atoms with Crippen molar-refractivity contribution in [3.05, 3.63) is 28.6 Å². The smallest absolute Gasteiger partial charge is 0.0594 e. The summed E-state index contributed by atoms with van der Waals surface area (Å²) >= 11 is 0. The predicted molar refractivity (Wildman–Crippen MR) is 117 cm³/mol. The predicted octanol–water partition coefficient (Wildman–Crippen LogP) is 4.59. The Morgan fingerprint density at radius 1 is 1.11 bits per heavy atom. The third-order valence-electron chi connectivity index (χ3n) is 6.66. The van der Waals surface area contributed by atoms with Crippen LogP contribution in [0, 0.1) is 19.8 Å². The van der Waals surface area contributed by atoms with Gasteiger partial charge in [0.15, 0.2) is 0 Å². The van der Waals surface area contributed by atoms with Crippen molar-refractivity contribution in [2.45, 2.75) is 59.3 Å². The van der Waals surface area contributed by atoms with Crippen LogP contribution in [0.5, 0.6) is 0 Å². The molecule has 4 heteroatoms. The SMILES string of the molecule is CC1=C(c2c(N(CCN3CCOCC3)CC3CC3)cc(C)nc2C)CCCC1. The third-order valence-corrected chi connectivity index (χ3v) is 6.66. The number of anilines is 1. The molecule has 1 aromatic heterocycles. The van der Waals surface area contributed by atoms with Crippen LogP contribution >= 0.6 is 0 Å². The molecule has 1 aromatic rings. The molecule has 2 fully saturated rings. The molecule has 1 saturated heterocycles. The Bertz CT molecular complexity index is 717. The number of rotatable bonds is 7. The van der Waals surface area contributed by atoms with E-state index in [0.29, 0.717) is 0 Å². The van der Waals surface area contributed by atoms with Crippen molar-refractivity contribution < 1.29 is 4.74 Å². The van der Waals surface area contributed by atoms with Gasteiger partial charge in [0.05, 0.1) is 13.2 Å². The molecular formula is C24H37N3O. The van der Waals surface area contributed by atoms with E-state index in [0.717, 1.165) is 51.0 Å². The highest BCUT2D eigenvalue weighted by Gasteiger charge is 2.28. The summed E-state index contributed by atoms with van der Waals surface area (Å²) in [5.74, 6) is 0.882. The lowest BCUT2D eigenvalue weighted by atomic mass is 9.86. The zero-order valence-electron chi connectivity index (χ0n) is 18.1. The van der Waals surface area contributed by atoms with E-state index in [-0.39, 0.29) is 0 Å². The first-order valence-electron chi connectivity index (χ1n) is 11.3. The van der Waals surface area contributed by atoms with Crippen LogP contribution in [0.2, 0.25) is 0 Å². The Balaban J connectivity index is 1.64. The molecule has 0 unspecified atom stereocenters. The summed E-state index contributed by atoms with van der Waals surface area (Å²) in [6.07, 6.45) is 7.91. The highest BCUT2D eigenvalue weighted by Crippen LogP contribution is 2.40. The summed E-state index contributed by atoms with van der Waals surface area (Å²) in [6, 6.07) is 2.36. The van der Waals surface area contributed by atoms with E-state index in [2.05, 4.69) is 36.6 Å². The Labute approximate surface area is 171 Å². The fraction of sp³-hybridized carbons (Fsp3) is 0.708. The van der Waals surface area contributed by atoms with Crippen LogP contribution in [0.4, 0.5) is 5.69 Å². The second-order valence-corrected chi connectivity index (χ2v) is 9.05. The Morgan fingerprint density at radius 2 is 1.86 bits per heavy atom. The molecule has 0 atom stereocenters. The molecule has 1 aliphatic heterocycles. The van der Waals surface area contributed by atoms with E-state index >= 15 is 0 Å². The molecule has 2 heterocycles. The molecule has 0 amide bonds. The second-order valence-electron chi connectivity index (χ2n) is 9.05. The van der Waals surface area contributed by atoms with Gasteiger partial charge in [0.2, 0.25) is 0 Å². The molecular weight excluding hydrogens is 346 g/mol. The Kier molecular flexibility index (Phi) is 6.37. The maximum atomic E-state index is 5.54. The van der Waals surface area contributed by atoms with Gasteiger partial charge < -0.3 is 9.64 Å². The standard InChI is InChI=1S/C24H37N3O/c1-18-6-4-5-7-22(18)24-20(3)25-19(2)16-23(24)27(17-21-8-9-21)11-10-26-12-14-28-15-13-26/h16,21H,4-15,17H2,1-3H3. The fourth-order valence-corrected chi connectivity index (χ4v) is 4.83. The summed E-state index contributed by atoms with van der Waals surface area (Å²) in [4.78, 5) is 10.1. The maximum absolute atomic E-state index is 5.54. The van der Waals surface area contributed by atoms with Crippen LogP contribution in [-0.4, -0.2) is 55.8 Å². The molecule has 0 aromatic carbocycles.